The number of aliphatic hydroxyl groups is 2. The number of ether oxygens (including phenoxy) is 1. The summed E-state index contributed by atoms with van der Waals surface area (Å²) in [5.74, 6) is 0.293. The molecule has 1 saturated heterocycles. The quantitative estimate of drug-likeness (QED) is 0.599. The Kier molecular flexibility index (Phi) is 3.10. The van der Waals surface area contributed by atoms with E-state index >= 15 is 0 Å². The van der Waals surface area contributed by atoms with Crippen molar-refractivity contribution in [2.45, 2.75) is 24.1 Å². The first kappa shape index (κ1) is 13.6. The molecule has 1 fully saturated rings. The largest absolute Gasteiger partial charge is 0.392 e. The minimum absolute atomic E-state index is 0.293. The van der Waals surface area contributed by atoms with Crippen LogP contribution in [0.1, 0.15) is 11.7 Å². The summed E-state index contributed by atoms with van der Waals surface area (Å²) in [5.41, 5.74) is 10.4. The molecular formula is C11H13FN4O3S. The molecule has 6 N–H and O–H groups in total. The molecule has 0 radical (unpaired) electrons. The molecule has 1 aliphatic heterocycles. The highest BCUT2D eigenvalue weighted by Crippen LogP contribution is 2.43. The number of thiophene rings is 1. The van der Waals surface area contributed by atoms with E-state index in [0.717, 1.165) is 0 Å². The molecule has 3 heterocycles. The Hall–Kier alpha value is -1.39. The second-order valence-corrected chi connectivity index (χ2v) is 5.55. The highest BCUT2D eigenvalue weighted by Gasteiger charge is 2.53. The fraction of sp³-hybridized carbons (Fsp3) is 0.455. The van der Waals surface area contributed by atoms with Crippen LogP contribution in [-0.4, -0.2) is 44.8 Å². The van der Waals surface area contributed by atoms with E-state index < -0.39 is 30.7 Å². The van der Waals surface area contributed by atoms with Crippen molar-refractivity contribution in [3.05, 3.63) is 17.3 Å². The molecule has 0 aliphatic carbocycles. The van der Waals surface area contributed by atoms with Gasteiger partial charge in [-0.05, 0) is 5.38 Å². The molecule has 2 aromatic heterocycles. The second-order valence-electron chi connectivity index (χ2n) is 4.67. The van der Waals surface area contributed by atoms with Crippen LogP contribution in [0.3, 0.4) is 0 Å². The summed E-state index contributed by atoms with van der Waals surface area (Å²) in [6, 6.07) is 0. The second kappa shape index (κ2) is 4.57. The molecular weight excluding hydrogens is 287 g/mol. The zero-order valence-electron chi connectivity index (χ0n) is 10.2. The minimum Gasteiger partial charge on any atom is -0.392 e. The van der Waals surface area contributed by atoms with Crippen LogP contribution < -0.4 is 11.5 Å². The minimum atomic E-state index is -1.82. The predicted octanol–water partition coefficient (Wildman–Crippen LogP) is -0.309. The van der Waals surface area contributed by atoms with Crippen LogP contribution in [0.2, 0.25) is 0 Å². The summed E-state index contributed by atoms with van der Waals surface area (Å²) < 4.78 is 20.2. The van der Waals surface area contributed by atoms with Gasteiger partial charge in [0.2, 0.25) is 0 Å². The average molecular weight is 300 g/mol. The summed E-state index contributed by atoms with van der Waals surface area (Å²) in [6.45, 7) is -0.690. The van der Waals surface area contributed by atoms with Crippen LogP contribution >= 0.6 is 11.3 Å². The first-order chi connectivity index (χ1) is 9.48. The van der Waals surface area contributed by atoms with Gasteiger partial charge in [-0.2, -0.15) is 0 Å². The smallest absolute Gasteiger partial charge is 0.170 e. The topological polar surface area (TPSA) is 128 Å². The van der Waals surface area contributed by atoms with Gasteiger partial charge < -0.3 is 20.7 Å². The van der Waals surface area contributed by atoms with Crippen LogP contribution in [0.25, 0.3) is 10.2 Å². The normalized spacial score (nSPS) is 33.9. The summed E-state index contributed by atoms with van der Waals surface area (Å²) in [7, 11) is 0. The van der Waals surface area contributed by atoms with Crippen LogP contribution in [0, 0.1) is 0 Å². The number of alkyl halides is 1. The van der Waals surface area contributed by atoms with Crippen molar-refractivity contribution in [2.24, 2.45) is 5.73 Å². The van der Waals surface area contributed by atoms with E-state index in [9.17, 15) is 9.50 Å². The lowest BCUT2D eigenvalue weighted by Gasteiger charge is -2.24. The Labute approximate surface area is 117 Å². The molecule has 1 unspecified atom stereocenters. The molecule has 7 nitrogen and oxygen atoms in total. The lowest BCUT2D eigenvalue weighted by atomic mass is 10.0. The Bertz CT molecular complexity index is 654. The zero-order valence-corrected chi connectivity index (χ0v) is 11.0. The van der Waals surface area contributed by atoms with Gasteiger partial charge in [-0.1, -0.05) is 0 Å². The van der Waals surface area contributed by atoms with Crippen molar-refractivity contribution in [1.82, 2.24) is 9.97 Å². The van der Waals surface area contributed by atoms with Crippen LogP contribution in [0.4, 0.5) is 10.2 Å². The van der Waals surface area contributed by atoms with Gasteiger partial charge in [0, 0.05) is 5.56 Å². The first-order valence-corrected chi connectivity index (χ1v) is 6.73. The lowest BCUT2D eigenvalue weighted by molar-refractivity contribution is -0.108. The number of nitrogen functional groups attached to an aromatic ring is 1. The van der Waals surface area contributed by atoms with Crippen molar-refractivity contribution in [1.29, 1.82) is 0 Å². The number of aromatic nitrogens is 2. The first-order valence-electron chi connectivity index (χ1n) is 5.85. The molecule has 0 spiro atoms. The van der Waals surface area contributed by atoms with Gasteiger partial charge in [0.1, 0.15) is 24.4 Å². The van der Waals surface area contributed by atoms with E-state index in [1.807, 2.05) is 0 Å². The Morgan fingerprint density at radius 3 is 2.90 bits per heavy atom. The SMILES string of the molecule is Nc1ncnc2c(C3O[C@](N)(CO)[C@@H](O)[C@H]3F)csc12. The molecule has 1 aliphatic rings. The number of nitrogens with zero attached hydrogens (tertiary/aromatic N) is 2. The Morgan fingerprint density at radius 2 is 2.25 bits per heavy atom. The Balaban J connectivity index is 2.06. The molecule has 0 bridgehead atoms. The number of hydrogen-bond donors (Lipinski definition) is 4. The number of fused-ring (bicyclic) bond motifs is 1. The van der Waals surface area contributed by atoms with Gasteiger partial charge in [-0.15, -0.1) is 11.3 Å². The monoisotopic (exact) mass is 300 g/mol. The van der Waals surface area contributed by atoms with Gasteiger partial charge in [-0.3, -0.25) is 5.73 Å². The van der Waals surface area contributed by atoms with Gasteiger partial charge in [0.05, 0.1) is 16.8 Å². The molecule has 0 saturated carbocycles. The predicted molar refractivity (Wildman–Crippen MR) is 70.6 cm³/mol. The van der Waals surface area contributed by atoms with Crippen molar-refractivity contribution in [2.75, 3.05) is 12.3 Å². The van der Waals surface area contributed by atoms with Crippen LogP contribution in [-0.2, 0) is 4.74 Å². The van der Waals surface area contributed by atoms with Crippen LogP contribution in [0.5, 0.6) is 0 Å². The number of nitrogens with two attached hydrogens (primary N) is 2. The van der Waals surface area contributed by atoms with E-state index in [4.69, 9.17) is 21.3 Å². The summed E-state index contributed by atoms with van der Waals surface area (Å²) in [4.78, 5) is 7.92. The van der Waals surface area contributed by atoms with Gasteiger partial charge in [0.15, 0.2) is 11.9 Å². The molecule has 4 atom stereocenters. The fourth-order valence-electron chi connectivity index (χ4n) is 2.26. The molecule has 2 aromatic rings. The zero-order chi connectivity index (χ0) is 14.5. The van der Waals surface area contributed by atoms with Gasteiger partial charge >= 0.3 is 0 Å². The fourth-order valence-corrected chi connectivity index (χ4v) is 3.21. The summed E-state index contributed by atoms with van der Waals surface area (Å²) >= 11 is 1.26. The molecule has 20 heavy (non-hydrogen) atoms. The molecule has 108 valence electrons. The van der Waals surface area contributed by atoms with E-state index in [-0.39, 0.29) is 0 Å². The average Bonchev–Trinajstić information content (AvgIpc) is 2.96. The third-order valence-electron chi connectivity index (χ3n) is 3.40. The van der Waals surface area contributed by atoms with Crippen molar-refractivity contribution >= 4 is 27.4 Å². The van der Waals surface area contributed by atoms with Crippen molar-refractivity contribution < 1.29 is 19.3 Å². The third-order valence-corrected chi connectivity index (χ3v) is 4.41. The third kappa shape index (κ3) is 1.79. The number of halogens is 1. The molecule has 0 amide bonds. The van der Waals surface area contributed by atoms with Gasteiger partial charge in [-0.25, -0.2) is 14.4 Å². The van der Waals surface area contributed by atoms with E-state index in [1.54, 1.807) is 5.38 Å². The number of anilines is 1. The number of aliphatic hydroxyl groups excluding tert-OH is 2. The molecule has 3 rings (SSSR count). The van der Waals surface area contributed by atoms with E-state index in [0.29, 0.717) is 21.6 Å². The summed E-state index contributed by atoms with van der Waals surface area (Å²) in [5, 5.41) is 20.6. The molecule has 9 heteroatoms. The van der Waals surface area contributed by atoms with Crippen molar-refractivity contribution in [3.63, 3.8) is 0 Å². The maximum atomic E-state index is 14.2. The van der Waals surface area contributed by atoms with E-state index in [1.165, 1.54) is 17.7 Å². The van der Waals surface area contributed by atoms with Crippen LogP contribution in [0.15, 0.2) is 11.7 Å². The lowest BCUT2D eigenvalue weighted by Crippen LogP contribution is -2.53. The maximum Gasteiger partial charge on any atom is 0.170 e. The highest BCUT2D eigenvalue weighted by atomic mass is 32.1. The number of rotatable bonds is 2. The highest BCUT2D eigenvalue weighted by molar-refractivity contribution is 7.17. The van der Waals surface area contributed by atoms with E-state index in [2.05, 4.69) is 9.97 Å². The standard InChI is InChI=1S/C11H13FN4O3S/c12-5-7(19-11(14,2-17)9(5)18)4-1-20-8-6(4)15-3-16-10(8)13/h1,3,5,7,9,17-18H,2,14H2,(H2,13,15,16)/t5-,7?,9-,11+/m0/s1. The summed E-state index contributed by atoms with van der Waals surface area (Å²) in [6.07, 6.45) is -3.22. The maximum absolute atomic E-state index is 14.2. The van der Waals surface area contributed by atoms with Crippen molar-refractivity contribution in [3.8, 4) is 0 Å². The number of hydrogen-bond acceptors (Lipinski definition) is 8. The van der Waals surface area contributed by atoms with Gasteiger partial charge in [0.25, 0.3) is 0 Å². The Morgan fingerprint density at radius 1 is 1.50 bits per heavy atom. The molecule has 0 aromatic carbocycles.